The first-order valence-electron chi connectivity index (χ1n) is 6.92. The normalized spacial score (nSPS) is 12.0. The number of benzene rings is 1. The van der Waals surface area contributed by atoms with Crippen LogP contribution in [0, 0.1) is 0 Å². The maximum absolute atomic E-state index is 12.1. The zero-order valence-electron chi connectivity index (χ0n) is 12.7. The standard InChI is InChI=1S/C15H17ClN4O2S/c1-10(14(22)19-15-17-7-8-23-15)20(2)9-13(21)18-12-6-4-3-5-11(12)16/h3-8,10H,9H2,1-2H3,(H,18,21)(H,17,19,22). The summed E-state index contributed by atoms with van der Waals surface area (Å²) >= 11 is 7.34. The Hall–Kier alpha value is -1.96. The van der Waals surface area contributed by atoms with E-state index in [1.54, 1.807) is 54.7 Å². The maximum atomic E-state index is 12.1. The highest BCUT2D eigenvalue weighted by atomic mass is 35.5. The zero-order chi connectivity index (χ0) is 16.8. The van der Waals surface area contributed by atoms with Gasteiger partial charge in [0, 0.05) is 11.6 Å². The molecule has 2 amide bonds. The van der Waals surface area contributed by atoms with E-state index in [0.717, 1.165) is 0 Å². The summed E-state index contributed by atoms with van der Waals surface area (Å²) < 4.78 is 0. The Kier molecular flexibility index (Phi) is 6.09. The molecule has 122 valence electrons. The Labute approximate surface area is 143 Å². The van der Waals surface area contributed by atoms with Gasteiger partial charge in [-0.3, -0.25) is 14.5 Å². The average molecular weight is 353 g/mol. The van der Waals surface area contributed by atoms with E-state index in [1.165, 1.54) is 11.3 Å². The van der Waals surface area contributed by atoms with Crippen LogP contribution in [0.5, 0.6) is 0 Å². The third kappa shape index (κ3) is 5.02. The molecular formula is C15H17ClN4O2S. The summed E-state index contributed by atoms with van der Waals surface area (Å²) in [6.45, 7) is 1.80. The lowest BCUT2D eigenvalue weighted by atomic mass is 10.2. The minimum Gasteiger partial charge on any atom is -0.324 e. The molecule has 8 heteroatoms. The number of carbonyl (C=O) groups excluding carboxylic acids is 2. The minimum absolute atomic E-state index is 0.0671. The van der Waals surface area contributed by atoms with Crippen molar-refractivity contribution in [1.29, 1.82) is 0 Å². The molecule has 0 spiro atoms. The van der Waals surface area contributed by atoms with Gasteiger partial charge in [-0.15, -0.1) is 11.3 Å². The van der Waals surface area contributed by atoms with Crippen LogP contribution in [0.2, 0.25) is 5.02 Å². The van der Waals surface area contributed by atoms with Crippen molar-refractivity contribution in [3.63, 3.8) is 0 Å². The first-order chi connectivity index (χ1) is 11.0. The second-order valence-electron chi connectivity index (χ2n) is 4.95. The maximum Gasteiger partial charge on any atom is 0.243 e. The lowest BCUT2D eigenvalue weighted by Gasteiger charge is -2.22. The lowest BCUT2D eigenvalue weighted by Crippen LogP contribution is -2.43. The average Bonchev–Trinajstić information content (AvgIpc) is 3.01. The predicted molar refractivity (Wildman–Crippen MR) is 92.9 cm³/mol. The topological polar surface area (TPSA) is 74.3 Å². The summed E-state index contributed by atoms with van der Waals surface area (Å²) in [6.07, 6.45) is 1.62. The first-order valence-corrected chi connectivity index (χ1v) is 8.18. The number of rotatable bonds is 6. The Balaban J connectivity index is 1.87. The fraction of sp³-hybridized carbons (Fsp3) is 0.267. The summed E-state index contributed by atoms with van der Waals surface area (Å²) in [6, 6.07) is 6.52. The molecule has 1 aromatic carbocycles. The fourth-order valence-electron chi connectivity index (χ4n) is 1.81. The third-order valence-electron chi connectivity index (χ3n) is 3.24. The van der Waals surface area contributed by atoms with Gasteiger partial charge in [0.05, 0.1) is 23.3 Å². The molecule has 1 atom stereocenters. The van der Waals surface area contributed by atoms with Gasteiger partial charge >= 0.3 is 0 Å². The highest BCUT2D eigenvalue weighted by molar-refractivity contribution is 7.13. The van der Waals surface area contributed by atoms with E-state index in [1.807, 2.05) is 0 Å². The smallest absolute Gasteiger partial charge is 0.243 e. The van der Waals surface area contributed by atoms with E-state index in [9.17, 15) is 9.59 Å². The SMILES string of the molecule is CC(C(=O)Nc1nccs1)N(C)CC(=O)Nc1ccccc1Cl. The van der Waals surface area contributed by atoms with Crippen LogP contribution in [0.1, 0.15) is 6.92 Å². The van der Waals surface area contributed by atoms with Crippen LogP contribution >= 0.6 is 22.9 Å². The quantitative estimate of drug-likeness (QED) is 0.838. The summed E-state index contributed by atoms with van der Waals surface area (Å²) in [5.41, 5.74) is 0.549. The van der Waals surface area contributed by atoms with Crippen LogP contribution in [-0.4, -0.2) is 41.3 Å². The molecule has 1 unspecified atom stereocenters. The molecule has 0 radical (unpaired) electrons. The van der Waals surface area contributed by atoms with Crippen LogP contribution in [0.4, 0.5) is 10.8 Å². The molecule has 1 heterocycles. The van der Waals surface area contributed by atoms with Crippen LogP contribution in [0.25, 0.3) is 0 Å². The summed E-state index contributed by atoms with van der Waals surface area (Å²) in [5.74, 6) is -0.456. The van der Waals surface area contributed by atoms with Crippen molar-refractivity contribution in [3.05, 3.63) is 40.9 Å². The third-order valence-corrected chi connectivity index (χ3v) is 4.26. The molecule has 0 saturated heterocycles. The zero-order valence-corrected chi connectivity index (χ0v) is 14.3. The number of aromatic nitrogens is 1. The van der Waals surface area contributed by atoms with Crippen LogP contribution < -0.4 is 10.6 Å². The second-order valence-corrected chi connectivity index (χ2v) is 6.25. The Bertz CT molecular complexity index is 678. The molecule has 0 saturated carbocycles. The molecule has 1 aromatic heterocycles. The molecule has 0 fully saturated rings. The van der Waals surface area contributed by atoms with Gasteiger partial charge in [-0.2, -0.15) is 0 Å². The Morgan fingerprint density at radius 3 is 2.74 bits per heavy atom. The van der Waals surface area contributed by atoms with Crippen molar-refractivity contribution >= 4 is 45.6 Å². The molecule has 6 nitrogen and oxygen atoms in total. The lowest BCUT2D eigenvalue weighted by molar-refractivity contribution is -0.122. The van der Waals surface area contributed by atoms with E-state index in [2.05, 4.69) is 15.6 Å². The van der Waals surface area contributed by atoms with Crippen molar-refractivity contribution in [2.45, 2.75) is 13.0 Å². The monoisotopic (exact) mass is 352 g/mol. The van der Waals surface area contributed by atoms with Gasteiger partial charge in [0.15, 0.2) is 5.13 Å². The molecule has 0 bridgehead atoms. The molecule has 2 aromatic rings. The van der Waals surface area contributed by atoms with Gasteiger partial charge in [0.2, 0.25) is 11.8 Å². The number of para-hydroxylation sites is 1. The minimum atomic E-state index is -0.476. The fourth-order valence-corrected chi connectivity index (χ4v) is 2.53. The van der Waals surface area contributed by atoms with Crippen molar-refractivity contribution in [2.24, 2.45) is 0 Å². The molecule has 2 rings (SSSR count). The van der Waals surface area contributed by atoms with Crippen molar-refractivity contribution in [3.8, 4) is 0 Å². The number of nitrogens with one attached hydrogen (secondary N) is 2. The second kappa shape index (κ2) is 8.05. The molecule has 2 N–H and O–H groups in total. The number of nitrogens with zero attached hydrogens (tertiary/aromatic N) is 2. The van der Waals surface area contributed by atoms with E-state index in [0.29, 0.717) is 15.8 Å². The number of hydrogen-bond acceptors (Lipinski definition) is 5. The highest BCUT2D eigenvalue weighted by Gasteiger charge is 2.21. The van der Waals surface area contributed by atoms with Crippen LogP contribution in [0.3, 0.4) is 0 Å². The van der Waals surface area contributed by atoms with Gasteiger partial charge in [0.25, 0.3) is 0 Å². The van der Waals surface area contributed by atoms with Gasteiger partial charge < -0.3 is 10.6 Å². The van der Waals surface area contributed by atoms with Crippen molar-refractivity contribution in [2.75, 3.05) is 24.2 Å². The highest BCUT2D eigenvalue weighted by Crippen LogP contribution is 2.20. The predicted octanol–water partition coefficient (Wildman–Crippen LogP) is 2.69. The Morgan fingerprint density at radius 2 is 2.09 bits per heavy atom. The molecule has 0 aliphatic carbocycles. The van der Waals surface area contributed by atoms with E-state index < -0.39 is 6.04 Å². The molecule has 23 heavy (non-hydrogen) atoms. The summed E-state index contributed by atoms with van der Waals surface area (Å²) in [4.78, 5) is 29.8. The molecule has 0 aliphatic heterocycles. The van der Waals surface area contributed by atoms with Gasteiger partial charge in [0.1, 0.15) is 0 Å². The number of hydrogen-bond donors (Lipinski definition) is 2. The number of likely N-dealkylation sites (N-methyl/N-ethyl adjacent to an activating group) is 1. The molecule has 0 aliphatic rings. The van der Waals surface area contributed by atoms with E-state index in [-0.39, 0.29) is 18.4 Å². The number of amides is 2. The Morgan fingerprint density at radius 1 is 1.35 bits per heavy atom. The van der Waals surface area contributed by atoms with Crippen molar-refractivity contribution in [1.82, 2.24) is 9.88 Å². The van der Waals surface area contributed by atoms with Gasteiger partial charge in [-0.1, -0.05) is 23.7 Å². The molecular weight excluding hydrogens is 336 g/mol. The summed E-state index contributed by atoms with van der Waals surface area (Å²) in [5, 5.41) is 8.22. The number of thiazole rings is 1. The number of anilines is 2. The largest absolute Gasteiger partial charge is 0.324 e. The van der Waals surface area contributed by atoms with E-state index in [4.69, 9.17) is 11.6 Å². The van der Waals surface area contributed by atoms with Gasteiger partial charge in [-0.25, -0.2) is 4.98 Å². The van der Waals surface area contributed by atoms with Crippen LogP contribution in [0.15, 0.2) is 35.8 Å². The number of halogens is 1. The van der Waals surface area contributed by atoms with Crippen molar-refractivity contribution < 1.29 is 9.59 Å². The summed E-state index contributed by atoms with van der Waals surface area (Å²) in [7, 11) is 1.71. The number of carbonyl (C=O) groups is 2. The van der Waals surface area contributed by atoms with Crippen LogP contribution in [-0.2, 0) is 9.59 Å². The first kappa shape index (κ1) is 17.4. The van der Waals surface area contributed by atoms with Gasteiger partial charge in [-0.05, 0) is 26.1 Å². The van der Waals surface area contributed by atoms with E-state index >= 15 is 0 Å².